The van der Waals surface area contributed by atoms with Crippen LogP contribution in [-0.4, -0.2) is 10.8 Å². The Morgan fingerprint density at radius 3 is 1.83 bits per heavy atom. The minimum Gasteiger partial charge on any atom is -0.122 e. The standard InChI is InChI=1S/C10H14Cl2/c1-6-7(2)9(5-11)10(4,12)8(6)3/h5H2,1-4H3. The zero-order valence-corrected chi connectivity index (χ0v) is 9.47. The minimum atomic E-state index is -0.337. The monoisotopic (exact) mass is 204 g/mol. The molecule has 0 heterocycles. The predicted molar refractivity (Wildman–Crippen MR) is 56.1 cm³/mol. The van der Waals surface area contributed by atoms with Gasteiger partial charge in [0.25, 0.3) is 0 Å². The Hall–Kier alpha value is 0.0600. The van der Waals surface area contributed by atoms with Crippen molar-refractivity contribution in [2.45, 2.75) is 32.6 Å². The molecule has 0 nitrogen and oxygen atoms in total. The van der Waals surface area contributed by atoms with Gasteiger partial charge in [0, 0.05) is 5.88 Å². The van der Waals surface area contributed by atoms with E-state index >= 15 is 0 Å². The summed E-state index contributed by atoms with van der Waals surface area (Å²) >= 11 is 12.2. The second-order valence-electron chi connectivity index (χ2n) is 3.49. The number of halogens is 2. The van der Waals surface area contributed by atoms with Crippen LogP contribution < -0.4 is 0 Å². The molecule has 0 amide bonds. The van der Waals surface area contributed by atoms with E-state index < -0.39 is 0 Å². The summed E-state index contributed by atoms with van der Waals surface area (Å²) in [4.78, 5) is -0.337. The van der Waals surface area contributed by atoms with Gasteiger partial charge in [-0.15, -0.1) is 23.2 Å². The normalized spacial score (nSPS) is 30.5. The molecule has 0 spiro atoms. The van der Waals surface area contributed by atoms with E-state index in [9.17, 15) is 0 Å². The van der Waals surface area contributed by atoms with Gasteiger partial charge in [0.2, 0.25) is 0 Å². The first kappa shape index (κ1) is 10.1. The van der Waals surface area contributed by atoms with Gasteiger partial charge in [0.1, 0.15) is 0 Å². The Bertz CT molecular complexity index is 270. The van der Waals surface area contributed by atoms with Gasteiger partial charge in [-0.3, -0.25) is 0 Å². The van der Waals surface area contributed by atoms with Crippen molar-refractivity contribution >= 4 is 23.2 Å². The summed E-state index contributed by atoms with van der Waals surface area (Å²) in [5.41, 5.74) is 4.95. The predicted octanol–water partition coefficient (Wildman–Crippen LogP) is 3.89. The highest BCUT2D eigenvalue weighted by Gasteiger charge is 2.35. The van der Waals surface area contributed by atoms with Gasteiger partial charge in [-0.2, -0.15) is 0 Å². The van der Waals surface area contributed by atoms with Crippen LogP contribution in [-0.2, 0) is 0 Å². The Kier molecular flexibility index (Phi) is 2.60. The van der Waals surface area contributed by atoms with Crippen LogP contribution in [0.1, 0.15) is 27.7 Å². The van der Waals surface area contributed by atoms with Crippen molar-refractivity contribution in [3.8, 4) is 0 Å². The molecule has 0 aromatic carbocycles. The van der Waals surface area contributed by atoms with Crippen LogP contribution in [0.4, 0.5) is 0 Å². The molecule has 0 N–H and O–H groups in total. The average Bonchev–Trinajstić information content (AvgIpc) is 2.13. The van der Waals surface area contributed by atoms with Gasteiger partial charge in [0.05, 0.1) is 4.87 Å². The Labute approximate surface area is 84.2 Å². The lowest BCUT2D eigenvalue weighted by Crippen LogP contribution is -2.19. The summed E-state index contributed by atoms with van der Waals surface area (Å²) < 4.78 is 0. The third-order valence-electron chi connectivity index (χ3n) is 2.98. The summed E-state index contributed by atoms with van der Waals surface area (Å²) in [5, 5.41) is 0. The maximum Gasteiger partial charge on any atom is 0.0856 e. The number of hydrogen-bond donors (Lipinski definition) is 0. The maximum atomic E-state index is 6.37. The van der Waals surface area contributed by atoms with Crippen molar-refractivity contribution in [3.05, 3.63) is 22.3 Å². The molecule has 2 heteroatoms. The van der Waals surface area contributed by atoms with E-state index in [4.69, 9.17) is 23.2 Å². The van der Waals surface area contributed by atoms with Crippen LogP contribution in [0.5, 0.6) is 0 Å². The molecular formula is C10H14Cl2. The van der Waals surface area contributed by atoms with Crippen molar-refractivity contribution in [1.82, 2.24) is 0 Å². The highest BCUT2D eigenvalue weighted by Crippen LogP contribution is 2.44. The van der Waals surface area contributed by atoms with Crippen LogP contribution in [0.3, 0.4) is 0 Å². The minimum absolute atomic E-state index is 0.337. The number of allylic oxidation sites excluding steroid dienone is 4. The van der Waals surface area contributed by atoms with Crippen LogP contribution in [0, 0.1) is 0 Å². The first-order chi connectivity index (χ1) is 5.42. The largest absolute Gasteiger partial charge is 0.122 e. The van der Waals surface area contributed by atoms with Gasteiger partial charge >= 0.3 is 0 Å². The number of alkyl halides is 2. The Balaban J connectivity index is 3.23. The lowest BCUT2D eigenvalue weighted by Gasteiger charge is -2.21. The van der Waals surface area contributed by atoms with E-state index in [0.717, 1.165) is 5.57 Å². The summed E-state index contributed by atoms with van der Waals surface area (Å²) in [6.45, 7) is 8.28. The topological polar surface area (TPSA) is 0 Å². The molecule has 0 saturated carbocycles. The van der Waals surface area contributed by atoms with Crippen LogP contribution in [0.25, 0.3) is 0 Å². The summed E-state index contributed by atoms with van der Waals surface area (Å²) in [7, 11) is 0. The molecule has 1 aliphatic carbocycles. The van der Waals surface area contributed by atoms with Gasteiger partial charge in [-0.1, -0.05) is 0 Å². The van der Waals surface area contributed by atoms with E-state index in [2.05, 4.69) is 20.8 Å². The molecule has 0 aromatic rings. The Morgan fingerprint density at radius 2 is 1.67 bits per heavy atom. The average molecular weight is 205 g/mol. The van der Waals surface area contributed by atoms with E-state index in [-0.39, 0.29) is 4.87 Å². The van der Waals surface area contributed by atoms with Crippen LogP contribution in [0.15, 0.2) is 22.3 Å². The van der Waals surface area contributed by atoms with Gasteiger partial charge in [0.15, 0.2) is 0 Å². The number of rotatable bonds is 1. The fourth-order valence-corrected chi connectivity index (χ4v) is 2.55. The molecule has 1 aliphatic rings. The van der Waals surface area contributed by atoms with E-state index in [1.54, 1.807) is 0 Å². The third-order valence-corrected chi connectivity index (χ3v) is 3.76. The summed E-state index contributed by atoms with van der Waals surface area (Å²) in [5.74, 6) is 0.528. The summed E-state index contributed by atoms with van der Waals surface area (Å²) in [6, 6.07) is 0. The van der Waals surface area contributed by atoms with Crippen molar-refractivity contribution in [1.29, 1.82) is 0 Å². The maximum absolute atomic E-state index is 6.37. The van der Waals surface area contributed by atoms with Crippen molar-refractivity contribution in [2.75, 3.05) is 5.88 Å². The molecule has 0 fully saturated rings. The van der Waals surface area contributed by atoms with E-state index in [0.29, 0.717) is 5.88 Å². The van der Waals surface area contributed by atoms with E-state index in [1.165, 1.54) is 16.7 Å². The molecule has 0 saturated heterocycles. The van der Waals surface area contributed by atoms with Gasteiger partial charge in [-0.25, -0.2) is 0 Å². The molecule has 0 radical (unpaired) electrons. The van der Waals surface area contributed by atoms with Crippen LogP contribution in [0.2, 0.25) is 0 Å². The van der Waals surface area contributed by atoms with Crippen molar-refractivity contribution in [3.63, 3.8) is 0 Å². The highest BCUT2D eigenvalue weighted by molar-refractivity contribution is 6.30. The number of hydrogen-bond acceptors (Lipinski definition) is 0. The third kappa shape index (κ3) is 1.22. The molecule has 1 rings (SSSR count). The highest BCUT2D eigenvalue weighted by atomic mass is 35.5. The first-order valence-corrected chi connectivity index (χ1v) is 4.97. The smallest absolute Gasteiger partial charge is 0.0856 e. The zero-order chi connectivity index (χ0) is 9.52. The summed E-state index contributed by atoms with van der Waals surface area (Å²) in [6.07, 6.45) is 0. The SMILES string of the molecule is CC1=C(C)C(C)(Cl)C(CCl)=C1C. The fourth-order valence-electron chi connectivity index (χ4n) is 1.66. The van der Waals surface area contributed by atoms with Crippen molar-refractivity contribution < 1.29 is 0 Å². The fraction of sp³-hybridized carbons (Fsp3) is 0.600. The quantitative estimate of drug-likeness (QED) is 0.569. The zero-order valence-electron chi connectivity index (χ0n) is 7.96. The molecular weight excluding hydrogens is 191 g/mol. The molecule has 12 heavy (non-hydrogen) atoms. The second kappa shape index (κ2) is 3.08. The second-order valence-corrected chi connectivity index (χ2v) is 4.51. The Morgan fingerprint density at radius 1 is 1.17 bits per heavy atom. The van der Waals surface area contributed by atoms with Crippen molar-refractivity contribution in [2.24, 2.45) is 0 Å². The molecule has 0 bridgehead atoms. The van der Waals surface area contributed by atoms with Gasteiger partial charge in [-0.05, 0) is 50.0 Å². The van der Waals surface area contributed by atoms with E-state index in [1.807, 2.05) is 6.92 Å². The van der Waals surface area contributed by atoms with Crippen LogP contribution >= 0.6 is 23.2 Å². The lowest BCUT2D eigenvalue weighted by molar-refractivity contribution is 0.863. The molecule has 0 aliphatic heterocycles. The van der Waals surface area contributed by atoms with Gasteiger partial charge < -0.3 is 0 Å². The lowest BCUT2D eigenvalue weighted by atomic mass is 9.98. The molecule has 1 atom stereocenters. The molecule has 1 unspecified atom stereocenters. The molecule has 68 valence electrons. The molecule has 0 aromatic heterocycles. The first-order valence-electron chi connectivity index (χ1n) is 4.06.